The number of hydrogen-bond acceptors (Lipinski definition) is 5. The first-order chi connectivity index (χ1) is 11.2. The van der Waals surface area contributed by atoms with Crippen molar-refractivity contribution in [2.75, 3.05) is 31.1 Å². The second-order valence-electron chi connectivity index (χ2n) is 6.63. The number of anilines is 1. The first kappa shape index (κ1) is 14.1. The van der Waals surface area contributed by atoms with E-state index in [-0.39, 0.29) is 11.3 Å². The van der Waals surface area contributed by atoms with Gasteiger partial charge in [0.25, 0.3) is 5.91 Å². The van der Waals surface area contributed by atoms with E-state index in [0.717, 1.165) is 44.1 Å². The number of nitrogens with zero attached hydrogens (tertiary/aromatic N) is 5. The summed E-state index contributed by atoms with van der Waals surface area (Å²) >= 11 is 0. The molecule has 4 heterocycles. The molecule has 0 aliphatic carbocycles. The van der Waals surface area contributed by atoms with Crippen molar-refractivity contribution in [3.8, 4) is 0 Å². The van der Waals surface area contributed by atoms with Crippen LogP contribution >= 0.6 is 0 Å². The maximum Gasteiger partial charge on any atom is 0.255 e. The molecule has 2 fully saturated rings. The zero-order valence-electron chi connectivity index (χ0n) is 13.1. The molecular weight excluding hydrogens is 290 g/mol. The van der Waals surface area contributed by atoms with Crippen LogP contribution in [0.25, 0.3) is 0 Å². The lowest BCUT2D eigenvalue weighted by Crippen LogP contribution is -2.59. The Kier molecular flexibility index (Phi) is 3.25. The molecule has 6 heteroatoms. The van der Waals surface area contributed by atoms with Gasteiger partial charge >= 0.3 is 0 Å². The highest BCUT2D eigenvalue weighted by atomic mass is 16.2. The topological polar surface area (TPSA) is 62.2 Å². The molecule has 118 valence electrons. The fourth-order valence-electron chi connectivity index (χ4n) is 3.49. The molecule has 2 aromatic heterocycles. The predicted octanol–water partition coefficient (Wildman–Crippen LogP) is 1.53. The average molecular weight is 309 g/mol. The number of aryl methyl sites for hydroxylation is 1. The van der Waals surface area contributed by atoms with Crippen molar-refractivity contribution < 1.29 is 4.79 Å². The number of rotatable bonds is 2. The number of aromatic nitrogens is 3. The third-order valence-corrected chi connectivity index (χ3v) is 4.74. The SMILES string of the molecule is Cc1cnc(N2CCC3(CN(C(=O)c4cccnc4)C3)C2)nc1. The van der Waals surface area contributed by atoms with E-state index in [1.165, 1.54) is 0 Å². The van der Waals surface area contributed by atoms with Gasteiger partial charge in [0.15, 0.2) is 0 Å². The van der Waals surface area contributed by atoms with Crippen LogP contribution in [-0.2, 0) is 0 Å². The monoisotopic (exact) mass is 309 g/mol. The average Bonchev–Trinajstić information content (AvgIpc) is 3.00. The van der Waals surface area contributed by atoms with Gasteiger partial charge in [-0.05, 0) is 31.0 Å². The van der Waals surface area contributed by atoms with Crippen molar-refractivity contribution in [3.05, 3.63) is 48.0 Å². The highest BCUT2D eigenvalue weighted by molar-refractivity contribution is 5.94. The molecule has 2 aliphatic rings. The summed E-state index contributed by atoms with van der Waals surface area (Å²) in [6.07, 6.45) is 8.11. The Morgan fingerprint density at radius 2 is 1.96 bits per heavy atom. The van der Waals surface area contributed by atoms with Gasteiger partial charge < -0.3 is 9.80 Å². The van der Waals surface area contributed by atoms with Crippen LogP contribution in [0.1, 0.15) is 22.3 Å². The molecule has 2 saturated heterocycles. The molecule has 4 rings (SSSR count). The van der Waals surface area contributed by atoms with Gasteiger partial charge in [-0.3, -0.25) is 9.78 Å². The van der Waals surface area contributed by atoms with Crippen LogP contribution in [0.4, 0.5) is 5.95 Å². The summed E-state index contributed by atoms with van der Waals surface area (Å²) in [6, 6.07) is 3.62. The maximum absolute atomic E-state index is 12.4. The van der Waals surface area contributed by atoms with Gasteiger partial charge in [0.05, 0.1) is 5.56 Å². The van der Waals surface area contributed by atoms with Gasteiger partial charge in [-0.2, -0.15) is 0 Å². The van der Waals surface area contributed by atoms with Gasteiger partial charge in [-0.1, -0.05) is 0 Å². The van der Waals surface area contributed by atoms with Crippen LogP contribution in [0.15, 0.2) is 36.9 Å². The smallest absolute Gasteiger partial charge is 0.255 e. The number of pyridine rings is 1. The summed E-state index contributed by atoms with van der Waals surface area (Å²) in [5.74, 6) is 0.873. The van der Waals surface area contributed by atoms with E-state index in [1.54, 1.807) is 18.5 Å². The van der Waals surface area contributed by atoms with Gasteiger partial charge in [0.2, 0.25) is 5.95 Å². The Labute approximate surface area is 135 Å². The summed E-state index contributed by atoms with van der Waals surface area (Å²) in [5, 5.41) is 0. The number of hydrogen-bond donors (Lipinski definition) is 0. The molecule has 0 N–H and O–H groups in total. The molecule has 2 aliphatic heterocycles. The highest BCUT2D eigenvalue weighted by Crippen LogP contribution is 2.40. The second kappa shape index (κ2) is 5.30. The lowest BCUT2D eigenvalue weighted by Gasteiger charge is -2.47. The molecule has 23 heavy (non-hydrogen) atoms. The van der Waals surface area contributed by atoms with E-state index in [4.69, 9.17) is 0 Å². The molecule has 0 aromatic carbocycles. The third-order valence-electron chi connectivity index (χ3n) is 4.74. The minimum absolute atomic E-state index is 0.0776. The van der Waals surface area contributed by atoms with Crippen LogP contribution < -0.4 is 4.90 Å². The van der Waals surface area contributed by atoms with E-state index in [9.17, 15) is 4.79 Å². The molecule has 2 aromatic rings. The largest absolute Gasteiger partial charge is 0.340 e. The molecule has 6 nitrogen and oxygen atoms in total. The van der Waals surface area contributed by atoms with E-state index in [2.05, 4.69) is 19.9 Å². The summed E-state index contributed by atoms with van der Waals surface area (Å²) in [6.45, 7) is 5.49. The highest BCUT2D eigenvalue weighted by Gasteiger charge is 2.49. The van der Waals surface area contributed by atoms with Crippen LogP contribution in [0.2, 0.25) is 0 Å². The van der Waals surface area contributed by atoms with Crippen molar-refractivity contribution in [1.82, 2.24) is 19.9 Å². The lowest BCUT2D eigenvalue weighted by atomic mass is 9.79. The minimum atomic E-state index is 0.0776. The summed E-state index contributed by atoms with van der Waals surface area (Å²) < 4.78 is 0. The van der Waals surface area contributed by atoms with E-state index >= 15 is 0 Å². The van der Waals surface area contributed by atoms with Crippen molar-refractivity contribution in [1.29, 1.82) is 0 Å². The Morgan fingerprint density at radius 3 is 2.65 bits per heavy atom. The maximum atomic E-state index is 12.4. The quantitative estimate of drug-likeness (QED) is 0.842. The van der Waals surface area contributed by atoms with E-state index in [1.807, 2.05) is 30.3 Å². The molecule has 1 spiro atoms. The molecule has 0 bridgehead atoms. The normalized spacial score (nSPS) is 19.0. The van der Waals surface area contributed by atoms with Gasteiger partial charge in [0.1, 0.15) is 0 Å². The molecule has 1 amide bonds. The van der Waals surface area contributed by atoms with Gasteiger partial charge in [0, 0.05) is 56.4 Å². The Hall–Kier alpha value is -2.50. The van der Waals surface area contributed by atoms with Crippen LogP contribution in [0.5, 0.6) is 0 Å². The minimum Gasteiger partial charge on any atom is -0.340 e. The number of carbonyl (C=O) groups is 1. The van der Waals surface area contributed by atoms with E-state index < -0.39 is 0 Å². The Balaban J connectivity index is 1.40. The standard InChI is InChI=1S/C17H19N5O/c1-13-7-19-16(20-8-13)21-6-4-17(10-21)11-22(12-17)15(23)14-3-2-5-18-9-14/h2-3,5,7-9H,4,6,10-12H2,1H3. The molecule has 0 unspecified atom stereocenters. The fourth-order valence-corrected chi connectivity index (χ4v) is 3.49. The Morgan fingerprint density at radius 1 is 1.17 bits per heavy atom. The zero-order valence-corrected chi connectivity index (χ0v) is 13.1. The molecule has 0 radical (unpaired) electrons. The predicted molar refractivity (Wildman–Crippen MR) is 86.2 cm³/mol. The number of likely N-dealkylation sites (tertiary alicyclic amines) is 1. The Bertz CT molecular complexity index is 710. The first-order valence-corrected chi connectivity index (χ1v) is 7.88. The lowest BCUT2D eigenvalue weighted by molar-refractivity contribution is 0.0166. The van der Waals surface area contributed by atoms with Crippen LogP contribution in [0.3, 0.4) is 0 Å². The summed E-state index contributed by atoms with van der Waals surface area (Å²) in [7, 11) is 0. The summed E-state index contributed by atoms with van der Waals surface area (Å²) in [5.41, 5.74) is 1.94. The number of carbonyl (C=O) groups excluding carboxylic acids is 1. The second-order valence-corrected chi connectivity index (χ2v) is 6.63. The third kappa shape index (κ3) is 2.54. The van der Waals surface area contributed by atoms with Crippen molar-refractivity contribution in [3.63, 3.8) is 0 Å². The first-order valence-electron chi connectivity index (χ1n) is 7.88. The molecular formula is C17H19N5O. The van der Waals surface area contributed by atoms with Crippen LogP contribution in [-0.4, -0.2) is 51.9 Å². The van der Waals surface area contributed by atoms with Crippen molar-refractivity contribution >= 4 is 11.9 Å². The molecule has 0 saturated carbocycles. The summed E-state index contributed by atoms with van der Waals surface area (Å²) in [4.78, 5) is 29.4. The van der Waals surface area contributed by atoms with Crippen LogP contribution in [0, 0.1) is 12.3 Å². The van der Waals surface area contributed by atoms with E-state index in [0.29, 0.717) is 5.56 Å². The zero-order chi connectivity index (χ0) is 15.9. The van der Waals surface area contributed by atoms with Crippen molar-refractivity contribution in [2.24, 2.45) is 5.41 Å². The number of amides is 1. The van der Waals surface area contributed by atoms with Gasteiger partial charge in [-0.15, -0.1) is 0 Å². The fraction of sp³-hybridized carbons (Fsp3) is 0.412. The van der Waals surface area contributed by atoms with Gasteiger partial charge in [-0.25, -0.2) is 9.97 Å². The molecule has 0 atom stereocenters. The van der Waals surface area contributed by atoms with Crippen molar-refractivity contribution in [2.45, 2.75) is 13.3 Å².